The van der Waals surface area contributed by atoms with Gasteiger partial charge < -0.3 is 5.32 Å². The maximum Gasteiger partial charge on any atom is 0.0542 e. The second-order valence-electron chi connectivity index (χ2n) is 4.12. The summed E-state index contributed by atoms with van der Waals surface area (Å²) in [5, 5.41) is 4.91. The summed E-state index contributed by atoms with van der Waals surface area (Å²) in [6.45, 7) is 0. The maximum atomic E-state index is 6.12. The fourth-order valence-electron chi connectivity index (χ4n) is 1.72. The summed E-state index contributed by atoms with van der Waals surface area (Å²) in [7, 11) is 2.03. The topological polar surface area (TPSA) is 12.0 Å². The van der Waals surface area contributed by atoms with E-state index in [0.29, 0.717) is 6.04 Å². The average Bonchev–Trinajstić information content (AvgIpc) is 3.08. The first-order valence-electron chi connectivity index (χ1n) is 5.46. The fourth-order valence-corrected chi connectivity index (χ4v) is 3.45. The second kappa shape index (κ2) is 5.63. The second-order valence-corrected chi connectivity index (χ2v) is 6.02. The minimum Gasteiger partial charge on any atom is -0.316 e. The van der Waals surface area contributed by atoms with E-state index in [2.05, 4.69) is 5.32 Å². The van der Waals surface area contributed by atoms with Gasteiger partial charge in [0, 0.05) is 21.7 Å². The third-order valence-electron chi connectivity index (χ3n) is 2.87. The predicted octanol–water partition coefficient (Wildman–Crippen LogP) is 4.08. The Morgan fingerprint density at radius 3 is 2.81 bits per heavy atom. The molecule has 1 N–H and O–H groups in total. The molecule has 0 spiro atoms. The van der Waals surface area contributed by atoms with Crippen LogP contribution in [-0.4, -0.2) is 18.8 Å². The van der Waals surface area contributed by atoms with Crippen molar-refractivity contribution in [2.45, 2.75) is 23.8 Å². The molecule has 1 aliphatic rings. The van der Waals surface area contributed by atoms with Crippen LogP contribution in [-0.2, 0) is 0 Å². The van der Waals surface area contributed by atoms with Crippen molar-refractivity contribution < 1.29 is 0 Å². The van der Waals surface area contributed by atoms with Crippen LogP contribution in [0.1, 0.15) is 12.8 Å². The maximum absolute atomic E-state index is 6.12. The van der Waals surface area contributed by atoms with Crippen LogP contribution in [0, 0.1) is 5.92 Å². The number of halogens is 2. The molecule has 0 aromatic heterocycles. The number of thioether (sulfide) groups is 1. The fraction of sp³-hybridized carbons (Fsp3) is 0.500. The Morgan fingerprint density at radius 2 is 2.19 bits per heavy atom. The molecule has 1 saturated carbocycles. The Bertz CT molecular complexity index is 366. The minimum absolute atomic E-state index is 0.597. The quantitative estimate of drug-likeness (QED) is 0.813. The Kier molecular flexibility index (Phi) is 4.42. The standard InChI is InChI=1S/C12H15Cl2NS/c1-15-11(8-2-3-8)7-16-12-6-9(13)4-5-10(12)14/h4-6,8,11,15H,2-3,7H2,1H3. The van der Waals surface area contributed by atoms with Gasteiger partial charge in [-0.2, -0.15) is 0 Å². The third-order valence-corrected chi connectivity index (χ3v) is 4.72. The summed E-state index contributed by atoms with van der Waals surface area (Å²) in [5.74, 6) is 1.91. The molecule has 1 fully saturated rings. The number of hydrogen-bond acceptors (Lipinski definition) is 2. The number of benzene rings is 1. The van der Waals surface area contributed by atoms with Crippen LogP contribution < -0.4 is 5.32 Å². The van der Waals surface area contributed by atoms with E-state index in [9.17, 15) is 0 Å². The third kappa shape index (κ3) is 3.30. The zero-order valence-corrected chi connectivity index (χ0v) is 11.5. The summed E-state index contributed by atoms with van der Waals surface area (Å²) in [4.78, 5) is 1.08. The molecule has 0 bridgehead atoms. The average molecular weight is 276 g/mol. The number of nitrogens with one attached hydrogen (secondary N) is 1. The smallest absolute Gasteiger partial charge is 0.0542 e. The van der Waals surface area contributed by atoms with Crippen molar-refractivity contribution >= 4 is 35.0 Å². The van der Waals surface area contributed by atoms with Crippen LogP contribution in [0.3, 0.4) is 0 Å². The Labute approximate surface area is 111 Å². The zero-order chi connectivity index (χ0) is 11.5. The lowest BCUT2D eigenvalue weighted by Crippen LogP contribution is -2.29. The molecule has 1 nitrogen and oxygen atoms in total. The van der Waals surface area contributed by atoms with Gasteiger partial charge in [-0.1, -0.05) is 23.2 Å². The molecule has 0 saturated heterocycles. The summed E-state index contributed by atoms with van der Waals surface area (Å²) in [6, 6.07) is 6.22. The first-order valence-corrected chi connectivity index (χ1v) is 7.20. The van der Waals surface area contributed by atoms with E-state index >= 15 is 0 Å². The van der Waals surface area contributed by atoms with Gasteiger partial charge >= 0.3 is 0 Å². The summed E-state index contributed by atoms with van der Waals surface area (Å²) < 4.78 is 0. The highest BCUT2D eigenvalue weighted by Gasteiger charge is 2.29. The van der Waals surface area contributed by atoms with Gasteiger partial charge in [0.2, 0.25) is 0 Å². The highest BCUT2D eigenvalue weighted by Crippen LogP contribution is 2.36. The first kappa shape index (κ1) is 12.6. The Balaban J connectivity index is 1.95. The molecule has 1 aromatic carbocycles. The molecular formula is C12H15Cl2NS. The van der Waals surface area contributed by atoms with Crippen molar-refractivity contribution in [1.82, 2.24) is 5.32 Å². The van der Waals surface area contributed by atoms with Gasteiger partial charge in [-0.3, -0.25) is 0 Å². The highest BCUT2D eigenvalue weighted by atomic mass is 35.5. The monoisotopic (exact) mass is 275 g/mol. The van der Waals surface area contributed by atoms with Crippen LogP contribution in [0.15, 0.2) is 23.1 Å². The summed E-state index contributed by atoms with van der Waals surface area (Å²) in [5.41, 5.74) is 0. The molecule has 1 aromatic rings. The van der Waals surface area contributed by atoms with Crippen LogP contribution in [0.5, 0.6) is 0 Å². The van der Waals surface area contributed by atoms with Crippen molar-refractivity contribution in [2.24, 2.45) is 5.92 Å². The molecule has 1 aliphatic carbocycles. The lowest BCUT2D eigenvalue weighted by Gasteiger charge is -2.15. The van der Waals surface area contributed by atoms with E-state index in [1.54, 1.807) is 11.8 Å². The van der Waals surface area contributed by atoms with Gasteiger partial charge in [0.05, 0.1) is 5.02 Å². The lowest BCUT2D eigenvalue weighted by atomic mass is 10.2. The van der Waals surface area contributed by atoms with E-state index in [1.807, 2.05) is 25.2 Å². The molecule has 0 amide bonds. The van der Waals surface area contributed by atoms with Gasteiger partial charge in [0.25, 0.3) is 0 Å². The van der Waals surface area contributed by atoms with Gasteiger partial charge in [0.1, 0.15) is 0 Å². The van der Waals surface area contributed by atoms with Gasteiger partial charge in [-0.25, -0.2) is 0 Å². The van der Waals surface area contributed by atoms with Crippen molar-refractivity contribution in [2.75, 3.05) is 12.8 Å². The van der Waals surface area contributed by atoms with E-state index in [4.69, 9.17) is 23.2 Å². The van der Waals surface area contributed by atoms with Crippen LogP contribution >= 0.6 is 35.0 Å². The molecule has 0 aliphatic heterocycles. The molecule has 1 unspecified atom stereocenters. The van der Waals surface area contributed by atoms with E-state index in [0.717, 1.165) is 26.6 Å². The molecule has 2 rings (SSSR count). The van der Waals surface area contributed by atoms with E-state index < -0.39 is 0 Å². The van der Waals surface area contributed by atoms with E-state index in [-0.39, 0.29) is 0 Å². The number of hydrogen-bond donors (Lipinski definition) is 1. The summed E-state index contributed by atoms with van der Waals surface area (Å²) in [6.07, 6.45) is 2.71. The lowest BCUT2D eigenvalue weighted by molar-refractivity contribution is 0.554. The first-order chi connectivity index (χ1) is 7.70. The predicted molar refractivity (Wildman–Crippen MR) is 72.8 cm³/mol. The van der Waals surface area contributed by atoms with Crippen LogP contribution in [0.25, 0.3) is 0 Å². The molecule has 1 atom stereocenters. The molecule has 16 heavy (non-hydrogen) atoms. The largest absolute Gasteiger partial charge is 0.316 e. The Morgan fingerprint density at radius 1 is 1.44 bits per heavy atom. The minimum atomic E-state index is 0.597. The normalized spacial score (nSPS) is 17.4. The van der Waals surface area contributed by atoms with Crippen molar-refractivity contribution in [3.05, 3.63) is 28.2 Å². The van der Waals surface area contributed by atoms with Gasteiger partial charge in [-0.05, 0) is 44.0 Å². The van der Waals surface area contributed by atoms with E-state index in [1.165, 1.54) is 12.8 Å². The molecular weight excluding hydrogens is 261 g/mol. The SMILES string of the molecule is CNC(CSc1cc(Cl)ccc1Cl)C1CC1. The Hall–Kier alpha value is 0.110. The molecule has 0 heterocycles. The molecule has 0 radical (unpaired) electrons. The zero-order valence-electron chi connectivity index (χ0n) is 9.17. The van der Waals surface area contributed by atoms with Crippen LogP contribution in [0.2, 0.25) is 10.0 Å². The highest BCUT2D eigenvalue weighted by molar-refractivity contribution is 7.99. The van der Waals surface area contributed by atoms with Crippen molar-refractivity contribution in [1.29, 1.82) is 0 Å². The van der Waals surface area contributed by atoms with Crippen molar-refractivity contribution in [3.63, 3.8) is 0 Å². The number of rotatable bonds is 5. The van der Waals surface area contributed by atoms with Crippen molar-refractivity contribution in [3.8, 4) is 0 Å². The van der Waals surface area contributed by atoms with Gasteiger partial charge in [0.15, 0.2) is 0 Å². The van der Waals surface area contributed by atoms with Gasteiger partial charge in [-0.15, -0.1) is 11.8 Å². The molecule has 88 valence electrons. The van der Waals surface area contributed by atoms with Crippen LogP contribution in [0.4, 0.5) is 0 Å². The molecule has 4 heteroatoms. The summed E-state index contributed by atoms with van der Waals surface area (Å²) >= 11 is 13.9.